The van der Waals surface area contributed by atoms with Crippen LogP contribution in [0, 0.1) is 0 Å². The van der Waals surface area contributed by atoms with Gasteiger partial charge in [-0.05, 0) is 60.5 Å². The summed E-state index contributed by atoms with van der Waals surface area (Å²) in [5.41, 5.74) is -0.0481. The van der Waals surface area contributed by atoms with E-state index >= 15 is 0 Å². The van der Waals surface area contributed by atoms with Crippen molar-refractivity contribution in [2.75, 3.05) is 6.61 Å². The van der Waals surface area contributed by atoms with Crippen molar-refractivity contribution in [2.45, 2.75) is 57.0 Å². The number of aromatic nitrogens is 2. The molecule has 4 nitrogen and oxygen atoms in total. The minimum Gasteiger partial charge on any atom is -0.353 e. The zero-order valence-corrected chi connectivity index (χ0v) is 12.1. The standard InChI is InChI=1S/C13H19BrN2O2/c14-11-5-8-16(15-11)10-13(6-3-7-13)18-12-4-1-2-9-17-12/h5,8,12H,1-4,6-7,9-10H2. The van der Waals surface area contributed by atoms with Gasteiger partial charge in [-0.3, -0.25) is 4.68 Å². The van der Waals surface area contributed by atoms with E-state index in [1.165, 1.54) is 19.3 Å². The molecule has 1 aromatic heterocycles. The van der Waals surface area contributed by atoms with E-state index < -0.39 is 0 Å². The van der Waals surface area contributed by atoms with Crippen molar-refractivity contribution in [3.63, 3.8) is 0 Å². The third-order valence-electron chi connectivity index (χ3n) is 3.84. The van der Waals surface area contributed by atoms with Gasteiger partial charge in [-0.1, -0.05) is 0 Å². The van der Waals surface area contributed by atoms with E-state index in [1.807, 2.05) is 16.9 Å². The van der Waals surface area contributed by atoms with Crippen LogP contribution in [-0.2, 0) is 16.0 Å². The van der Waals surface area contributed by atoms with E-state index in [-0.39, 0.29) is 11.9 Å². The first-order valence-electron chi connectivity index (χ1n) is 6.74. The van der Waals surface area contributed by atoms with E-state index in [9.17, 15) is 0 Å². The summed E-state index contributed by atoms with van der Waals surface area (Å²) in [6.07, 6.45) is 8.88. The Kier molecular flexibility index (Phi) is 3.73. The van der Waals surface area contributed by atoms with Gasteiger partial charge in [0.15, 0.2) is 6.29 Å². The van der Waals surface area contributed by atoms with Crippen LogP contribution in [0.1, 0.15) is 38.5 Å². The number of rotatable bonds is 4. The quantitative estimate of drug-likeness (QED) is 0.856. The molecule has 100 valence electrons. The highest BCUT2D eigenvalue weighted by Crippen LogP contribution is 2.39. The van der Waals surface area contributed by atoms with Crippen LogP contribution in [0.25, 0.3) is 0 Å². The van der Waals surface area contributed by atoms with Crippen LogP contribution in [0.15, 0.2) is 16.9 Å². The smallest absolute Gasteiger partial charge is 0.158 e. The molecule has 2 heterocycles. The number of nitrogens with zero attached hydrogens (tertiary/aromatic N) is 2. The Morgan fingerprint density at radius 1 is 1.44 bits per heavy atom. The monoisotopic (exact) mass is 314 g/mol. The fraction of sp³-hybridized carbons (Fsp3) is 0.769. The second-order valence-electron chi connectivity index (χ2n) is 5.29. The molecule has 5 heteroatoms. The van der Waals surface area contributed by atoms with Crippen molar-refractivity contribution in [1.82, 2.24) is 9.78 Å². The molecule has 1 aliphatic heterocycles. The van der Waals surface area contributed by atoms with Crippen molar-refractivity contribution in [3.05, 3.63) is 16.9 Å². The normalized spacial score (nSPS) is 26.8. The molecular formula is C13H19BrN2O2. The van der Waals surface area contributed by atoms with Crippen LogP contribution >= 0.6 is 15.9 Å². The van der Waals surface area contributed by atoms with Crippen LogP contribution in [0.5, 0.6) is 0 Å². The van der Waals surface area contributed by atoms with Crippen molar-refractivity contribution >= 4 is 15.9 Å². The van der Waals surface area contributed by atoms with Gasteiger partial charge in [0.25, 0.3) is 0 Å². The topological polar surface area (TPSA) is 36.3 Å². The highest BCUT2D eigenvalue weighted by molar-refractivity contribution is 9.10. The third-order valence-corrected chi connectivity index (χ3v) is 4.27. The lowest BCUT2D eigenvalue weighted by atomic mass is 9.80. The minimum absolute atomic E-state index is 0.00180. The van der Waals surface area contributed by atoms with Gasteiger partial charge >= 0.3 is 0 Å². The van der Waals surface area contributed by atoms with Crippen LogP contribution in [0.2, 0.25) is 0 Å². The Balaban J connectivity index is 1.62. The van der Waals surface area contributed by atoms with E-state index in [4.69, 9.17) is 9.47 Å². The molecule has 2 aliphatic rings. The Morgan fingerprint density at radius 3 is 2.89 bits per heavy atom. The molecule has 1 aliphatic carbocycles. The SMILES string of the molecule is Brc1ccn(CC2(OC3CCCCO3)CCC2)n1. The molecule has 3 rings (SSSR count). The van der Waals surface area contributed by atoms with Gasteiger partial charge in [0, 0.05) is 12.8 Å². The Labute approximate surface area is 116 Å². The maximum atomic E-state index is 6.23. The summed E-state index contributed by atoms with van der Waals surface area (Å²) < 4.78 is 14.8. The molecule has 1 unspecified atom stereocenters. The van der Waals surface area contributed by atoms with Crippen molar-refractivity contribution < 1.29 is 9.47 Å². The van der Waals surface area contributed by atoms with Gasteiger partial charge in [-0.25, -0.2) is 0 Å². The van der Waals surface area contributed by atoms with Gasteiger partial charge in [0.2, 0.25) is 0 Å². The zero-order chi connectivity index (χ0) is 12.4. The van der Waals surface area contributed by atoms with Crippen LogP contribution < -0.4 is 0 Å². The predicted octanol–water partition coefficient (Wildman–Crippen LogP) is 3.11. The fourth-order valence-electron chi connectivity index (χ4n) is 2.69. The Bertz CT molecular complexity index is 397. The Hall–Kier alpha value is -0.390. The molecule has 2 fully saturated rings. The number of ether oxygens (including phenoxy) is 2. The number of hydrogen-bond acceptors (Lipinski definition) is 3. The highest BCUT2D eigenvalue weighted by atomic mass is 79.9. The van der Waals surface area contributed by atoms with Crippen molar-refractivity contribution in [3.8, 4) is 0 Å². The van der Waals surface area contributed by atoms with Crippen LogP contribution in [-0.4, -0.2) is 28.3 Å². The molecule has 0 bridgehead atoms. The summed E-state index contributed by atoms with van der Waals surface area (Å²) in [5.74, 6) is 0. The molecule has 1 atom stereocenters. The number of hydrogen-bond donors (Lipinski definition) is 0. The lowest BCUT2D eigenvalue weighted by molar-refractivity contribution is -0.251. The predicted molar refractivity (Wildman–Crippen MR) is 71.2 cm³/mol. The second-order valence-corrected chi connectivity index (χ2v) is 6.10. The van der Waals surface area contributed by atoms with Crippen LogP contribution in [0.3, 0.4) is 0 Å². The minimum atomic E-state index is -0.0481. The summed E-state index contributed by atoms with van der Waals surface area (Å²) in [6.45, 7) is 1.67. The molecule has 1 saturated heterocycles. The average molecular weight is 315 g/mol. The van der Waals surface area contributed by atoms with E-state index in [1.54, 1.807) is 0 Å². The van der Waals surface area contributed by atoms with Crippen LogP contribution in [0.4, 0.5) is 0 Å². The third kappa shape index (κ3) is 2.78. The first-order valence-corrected chi connectivity index (χ1v) is 7.54. The highest BCUT2D eigenvalue weighted by Gasteiger charge is 2.41. The molecule has 0 amide bonds. The molecular weight excluding hydrogens is 296 g/mol. The first kappa shape index (κ1) is 12.6. The summed E-state index contributed by atoms with van der Waals surface area (Å²) in [6, 6.07) is 1.96. The van der Waals surface area contributed by atoms with E-state index in [0.29, 0.717) is 0 Å². The van der Waals surface area contributed by atoms with Gasteiger partial charge in [-0.15, -0.1) is 0 Å². The lowest BCUT2D eigenvalue weighted by Crippen LogP contribution is -2.47. The summed E-state index contributed by atoms with van der Waals surface area (Å²) in [7, 11) is 0. The molecule has 0 aromatic carbocycles. The average Bonchev–Trinajstić information content (AvgIpc) is 2.73. The van der Waals surface area contributed by atoms with E-state index in [2.05, 4.69) is 21.0 Å². The zero-order valence-electron chi connectivity index (χ0n) is 10.5. The summed E-state index contributed by atoms with van der Waals surface area (Å²) >= 11 is 3.38. The fourth-order valence-corrected chi connectivity index (χ4v) is 3.01. The second kappa shape index (κ2) is 5.31. The summed E-state index contributed by atoms with van der Waals surface area (Å²) in [4.78, 5) is 0. The molecule has 0 radical (unpaired) electrons. The van der Waals surface area contributed by atoms with Gasteiger partial charge in [0.05, 0.1) is 12.1 Å². The molecule has 1 aromatic rings. The molecule has 0 N–H and O–H groups in total. The van der Waals surface area contributed by atoms with Crippen molar-refractivity contribution in [2.24, 2.45) is 0 Å². The van der Waals surface area contributed by atoms with Gasteiger partial charge in [0.1, 0.15) is 4.60 Å². The summed E-state index contributed by atoms with van der Waals surface area (Å²) in [5, 5.41) is 4.38. The van der Waals surface area contributed by atoms with Crippen molar-refractivity contribution in [1.29, 1.82) is 0 Å². The molecule has 0 spiro atoms. The lowest BCUT2D eigenvalue weighted by Gasteiger charge is -2.44. The van der Waals surface area contributed by atoms with Gasteiger partial charge < -0.3 is 9.47 Å². The maximum absolute atomic E-state index is 6.23. The van der Waals surface area contributed by atoms with Gasteiger partial charge in [-0.2, -0.15) is 5.10 Å². The largest absolute Gasteiger partial charge is 0.353 e. The number of halogens is 1. The van der Waals surface area contributed by atoms with E-state index in [0.717, 1.165) is 37.0 Å². The molecule has 1 saturated carbocycles. The first-order chi connectivity index (χ1) is 8.76. The molecule has 18 heavy (non-hydrogen) atoms. The maximum Gasteiger partial charge on any atom is 0.158 e. The Morgan fingerprint density at radius 2 is 2.33 bits per heavy atom.